The molecule has 1 aromatic rings. The SMILES string of the molecule is CCC[C@@H]1N(C(=O)C(C)(C)O)CC[C@]12C(=O)Nc1ccccc12. The van der Waals surface area contributed by atoms with Gasteiger partial charge >= 0.3 is 0 Å². The lowest BCUT2D eigenvalue weighted by Crippen LogP contribution is -2.53. The molecular weight excluding hydrogens is 292 g/mol. The summed E-state index contributed by atoms with van der Waals surface area (Å²) in [4.78, 5) is 27.2. The van der Waals surface area contributed by atoms with Gasteiger partial charge in [0.25, 0.3) is 5.91 Å². The number of hydrogen-bond donors (Lipinski definition) is 2. The van der Waals surface area contributed by atoms with Crippen molar-refractivity contribution >= 4 is 17.5 Å². The van der Waals surface area contributed by atoms with Crippen molar-refractivity contribution in [3.63, 3.8) is 0 Å². The highest BCUT2D eigenvalue weighted by molar-refractivity contribution is 6.07. The molecule has 5 heteroatoms. The van der Waals surface area contributed by atoms with Crippen molar-refractivity contribution in [3.05, 3.63) is 29.8 Å². The van der Waals surface area contributed by atoms with Crippen molar-refractivity contribution in [1.82, 2.24) is 4.90 Å². The van der Waals surface area contributed by atoms with E-state index in [1.54, 1.807) is 4.90 Å². The molecule has 1 fully saturated rings. The van der Waals surface area contributed by atoms with Crippen molar-refractivity contribution in [2.45, 2.75) is 57.1 Å². The van der Waals surface area contributed by atoms with Crippen LogP contribution in [-0.4, -0.2) is 40.0 Å². The Bertz CT molecular complexity index is 650. The van der Waals surface area contributed by atoms with Gasteiger partial charge in [-0.2, -0.15) is 0 Å². The van der Waals surface area contributed by atoms with Crippen LogP contribution >= 0.6 is 0 Å². The van der Waals surface area contributed by atoms with E-state index in [9.17, 15) is 14.7 Å². The summed E-state index contributed by atoms with van der Waals surface area (Å²) in [6, 6.07) is 7.51. The molecule has 0 unspecified atom stereocenters. The maximum Gasteiger partial charge on any atom is 0.254 e. The van der Waals surface area contributed by atoms with Crippen molar-refractivity contribution in [3.8, 4) is 0 Å². The molecule has 2 heterocycles. The highest BCUT2D eigenvalue weighted by Crippen LogP contribution is 2.49. The van der Waals surface area contributed by atoms with Crippen LogP contribution in [0.3, 0.4) is 0 Å². The Morgan fingerprint density at radius 2 is 2.13 bits per heavy atom. The zero-order valence-corrected chi connectivity index (χ0v) is 13.9. The molecule has 0 bridgehead atoms. The normalized spacial score (nSPS) is 26.5. The third kappa shape index (κ3) is 2.26. The van der Waals surface area contributed by atoms with E-state index in [2.05, 4.69) is 12.2 Å². The predicted molar refractivity (Wildman–Crippen MR) is 88.1 cm³/mol. The van der Waals surface area contributed by atoms with Gasteiger partial charge in [-0.25, -0.2) is 0 Å². The summed E-state index contributed by atoms with van der Waals surface area (Å²) in [6.45, 7) is 5.56. The largest absolute Gasteiger partial charge is 0.381 e. The Kier molecular flexibility index (Phi) is 3.71. The third-order valence-electron chi connectivity index (χ3n) is 5.10. The van der Waals surface area contributed by atoms with Gasteiger partial charge in [-0.15, -0.1) is 0 Å². The summed E-state index contributed by atoms with van der Waals surface area (Å²) in [5, 5.41) is 13.1. The smallest absolute Gasteiger partial charge is 0.254 e. The minimum atomic E-state index is -1.42. The van der Waals surface area contributed by atoms with E-state index in [1.807, 2.05) is 24.3 Å². The molecule has 124 valence electrons. The summed E-state index contributed by atoms with van der Waals surface area (Å²) in [6.07, 6.45) is 2.21. The summed E-state index contributed by atoms with van der Waals surface area (Å²) in [5.41, 5.74) is -0.287. The Morgan fingerprint density at radius 3 is 2.78 bits per heavy atom. The van der Waals surface area contributed by atoms with Crippen LogP contribution in [0, 0.1) is 0 Å². The fourth-order valence-corrected chi connectivity index (χ4v) is 4.07. The first-order chi connectivity index (χ1) is 10.8. The van der Waals surface area contributed by atoms with Gasteiger partial charge in [0.15, 0.2) is 0 Å². The quantitative estimate of drug-likeness (QED) is 0.896. The highest BCUT2D eigenvalue weighted by Gasteiger charge is 2.59. The van der Waals surface area contributed by atoms with Gasteiger partial charge in [0.1, 0.15) is 5.60 Å². The fourth-order valence-electron chi connectivity index (χ4n) is 4.07. The number of anilines is 1. The molecule has 0 saturated carbocycles. The maximum atomic E-state index is 12.8. The summed E-state index contributed by atoms with van der Waals surface area (Å²) in [7, 11) is 0. The number of nitrogens with zero attached hydrogens (tertiary/aromatic N) is 1. The molecule has 2 aliphatic rings. The van der Waals surface area contributed by atoms with Crippen LogP contribution in [0.1, 0.15) is 45.6 Å². The van der Waals surface area contributed by atoms with Gasteiger partial charge in [-0.05, 0) is 38.3 Å². The first kappa shape index (κ1) is 16.0. The van der Waals surface area contributed by atoms with Crippen LogP contribution in [0.15, 0.2) is 24.3 Å². The molecule has 0 aliphatic carbocycles. The number of rotatable bonds is 3. The second-order valence-corrected chi connectivity index (χ2v) is 7.08. The van der Waals surface area contributed by atoms with Crippen molar-refractivity contribution in [1.29, 1.82) is 0 Å². The summed E-state index contributed by atoms with van der Waals surface area (Å²) in [5.74, 6) is -0.326. The zero-order valence-electron chi connectivity index (χ0n) is 13.9. The molecule has 0 radical (unpaired) electrons. The maximum absolute atomic E-state index is 12.8. The number of amides is 2. The lowest BCUT2D eigenvalue weighted by molar-refractivity contribution is -0.149. The van der Waals surface area contributed by atoms with Crippen LogP contribution < -0.4 is 5.32 Å². The number of carbonyl (C=O) groups excluding carboxylic acids is 2. The highest BCUT2D eigenvalue weighted by atomic mass is 16.3. The van der Waals surface area contributed by atoms with E-state index < -0.39 is 11.0 Å². The van der Waals surface area contributed by atoms with Gasteiger partial charge in [-0.3, -0.25) is 9.59 Å². The number of para-hydroxylation sites is 1. The fraction of sp³-hybridized carbons (Fsp3) is 0.556. The third-order valence-corrected chi connectivity index (χ3v) is 5.10. The molecule has 1 spiro atoms. The number of nitrogens with one attached hydrogen (secondary N) is 1. The van der Waals surface area contributed by atoms with Gasteiger partial charge in [-0.1, -0.05) is 31.5 Å². The van der Waals surface area contributed by atoms with Gasteiger partial charge in [0, 0.05) is 12.2 Å². The van der Waals surface area contributed by atoms with Gasteiger partial charge in [0.2, 0.25) is 5.91 Å². The van der Waals surface area contributed by atoms with Crippen LogP contribution in [0.25, 0.3) is 0 Å². The number of carbonyl (C=O) groups is 2. The minimum Gasteiger partial charge on any atom is -0.381 e. The molecule has 1 aromatic carbocycles. The molecule has 23 heavy (non-hydrogen) atoms. The summed E-state index contributed by atoms with van der Waals surface area (Å²) >= 11 is 0. The lowest BCUT2D eigenvalue weighted by Gasteiger charge is -2.36. The molecule has 2 amide bonds. The number of fused-ring (bicyclic) bond motifs is 2. The van der Waals surface area contributed by atoms with Crippen LogP contribution in [-0.2, 0) is 15.0 Å². The average Bonchev–Trinajstić information content (AvgIpc) is 2.99. The zero-order chi connectivity index (χ0) is 16.8. The van der Waals surface area contributed by atoms with Gasteiger partial charge < -0.3 is 15.3 Å². The average molecular weight is 316 g/mol. The summed E-state index contributed by atoms with van der Waals surface area (Å²) < 4.78 is 0. The standard InChI is InChI=1S/C18H24N2O3/c1-4-7-14-18(10-11-20(14)16(22)17(2,3)23)12-8-5-6-9-13(12)19-15(18)21/h5-6,8-9,14,23H,4,7,10-11H2,1-3H3,(H,19,21)/t14-,18+/m0/s1. The van der Waals surface area contributed by atoms with Crippen LogP contribution in [0.2, 0.25) is 0 Å². The van der Waals surface area contributed by atoms with Crippen LogP contribution in [0.5, 0.6) is 0 Å². The molecule has 2 aliphatic heterocycles. The molecule has 3 rings (SSSR count). The molecule has 2 N–H and O–H groups in total. The van der Waals surface area contributed by atoms with Crippen molar-refractivity contribution in [2.75, 3.05) is 11.9 Å². The number of benzene rings is 1. The molecule has 5 nitrogen and oxygen atoms in total. The van der Waals surface area contributed by atoms with Gasteiger partial charge in [0.05, 0.1) is 11.5 Å². The second-order valence-electron chi connectivity index (χ2n) is 7.08. The molecule has 1 saturated heterocycles. The van der Waals surface area contributed by atoms with Crippen molar-refractivity contribution < 1.29 is 14.7 Å². The predicted octanol–water partition coefficient (Wildman–Crippen LogP) is 2.05. The Labute approximate surface area is 136 Å². The van der Waals surface area contributed by atoms with E-state index in [4.69, 9.17) is 0 Å². The number of likely N-dealkylation sites (tertiary alicyclic amines) is 1. The molecule has 0 aromatic heterocycles. The Balaban J connectivity index is 2.07. The molecular formula is C18H24N2O3. The topological polar surface area (TPSA) is 69.6 Å². The first-order valence-electron chi connectivity index (χ1n) is 8.26. The number of hydrogen-bond acceptors (Lipinski definition) is 3. The minimum absolute atomic E-state index is 0.0248. The van der Waals surface area contributed by atoms with E-state index in [0.29, 0.717) is 13.0 Å². The molecule has 2 atom stereocenters. The Hall–Kier alpha value is -1.88. The second kappa shape index (κ2) is 5.34. The van der Waals surface area contributed by atoms with E-state index in [0.717, 1.165) is 24.1 Å². The van der Waals surface area contributed by atoms with E-state index in [1.165, 1.54) is 13.8 Å². The van der Waals surface area contributed by atoms with Crippen LogP contribution in [0.4, 0.5) is 5.69 Å². The number of aliphatic hydroxyl groups is 1. The van der Waals surface area contributed by atoms with E-state index >= 15 is 0 Å². The van der Waals surface area contributed by atoms with Crippen molar-refractivity contribution in [2.24, 2.45) is 0 Å². The Morgan fingerprint density at radius 1 is 1.43 bits per heavy atom. The lowest BCUT2D eigenvalue weighted by atomic mass is 9.73. The van der Waals surface area contributed by atoms with E-state index in [-0.39, 0.29) is 17.9 Å². The first-order valence-corrected chi connectivity index (χ1v) is 8.26. The monoisotopic (exact) mass is 316 g/mol.